The Bertz CT molecular complexity index is 400. The van der Waals surface area contributed by atoms with Gasteiger partial charge in [0.25, 0.3) is 0 Å². The van der Waals surface area contributed by atoms with Crippen molar-refractivity contribution >= 4 is 0 Å². The highest BCUT2D eigenvalue weighted by molar-refractivity contribution is 5.33. The minimum absolute atomic E-state index is 0.0609. The van der Waals surface area contributed by atoms with E-state index < -0.39 is 0 Å². The molecule has 0 aliphatic carbocycles. The Balaban J connectivity index is 2.12. The van der Waals surface area contributed by atoms with Crippen LogP contribution < -0.4 is 5.32 Å². The summed E-state index contributed by atoms with van der Waals surface area (Å²) < 4.78 is 11.2. The minimum Gasteiger partial charge on any atom is -0.350 e. The van der Waals surface area contributed by atoms with E-state index in [1.54, 1.807) is 0 Å². The number of ether oxygens (including phenoxy) is 2. The molecule has 1 aliphatic rings. The highest BCUT2D eigenvalue weighted by atomic mass is 16.7. The summed E-state index contributed by atoms with van der Waals surface area (Å²) in [5.74, 6) is 0. The zero-order valence-electron chi connectivity index (χ0n) is 12.2. The summed E-state index contributed by atoms with van der Waals surface area (Å²) >= 11 is 0. The van der Waals surface area contributed by atoms with Crippen molar-refractivity contribution in [2.24, 2.45) is 0 Å². The van der Waals surface area contributed by atoms with Crippen LogP contribution in [0.25, 0.3) is 0 Å². The van der Waals surface area contributed by atoms with E-state index in [4.69, 9.17) is 9.47 Å². The summed E-state index contributed by atoms with van der Waals surface area (Å²) in [6, 6.07) is 6.94. The zero-order valence-corrected chi connectivity index (χ0v) is 12.2. The van der Waals surface area contributed by atoms with Gasteiger partial charge in [-0.2, -0.15) is 0 Å². The van der Waals surface area contributed by atoms with Gasteiger partial charge in [0.15, 0.2) is 6.29 Å². The predicted octanol–water partition coefficient (Wildman–Crippen LogP) is 3.11. The average molecular weight is 263 g/mol. The Kier molecular flexibility index (Phi) is 5.37. The molecule has 19 heavy (non-hydrogen) atoms. The lowest BCUT2D eigenvalue weighted by atomic mass is 9.96. The predicted molar refractivity (Wildman–Crippen MR) is 77.3 cm³/mol. The molecule has 1 fully saturated rings. The van der Waals surface area contributed by atoms with E-state index in [1.807, 2.05) is 0 Å². The molecular formula is C16H25NO2. The van der Waals surface area contributed by atoms with Crippen molar-refractivity contribution in [2.45, 2.75) is 45.9 Å². The first kappa shape index (κ1) is 14.5. The van der Waals surface area contributed by atoms with Crippen LogP contribution in [0.1, 0.15) is 42.5 Å². The molecule has 1 unspecified atom stereocenters. The molecule has 1 atom stereocenters. The van der Waals surface area contributed by atoms with Gasteiger partial charge in [0.05, 0.1) is 13.2 Å². The Morgan fingerprint density at radius 2 is 2.00 bits per heavy atom. The van der Waals surface area contributed by atoms with Crippen LogP contribution in [0.2, 0.25) is 0 Å². The Hall–Kier alpha value is -0.900. The molecule has 0 aromatic heterocycles. The van der Waals surface area contributed by atoms with Gasteiger partial charge in [-0.15, -0.1) is 0 Å². The van der Waals surface area contributed by atoms with E-state index in [0.717, 1.165) is 32.6 Å². The molecule has 3 nitrogen and oxygen atoms in total. The fourth-order valence-electron chi connectivity index (χ4n) is 2.51. The molecular weight excluding hydrogens is 238 g/mol. The van der Waals surface area contributed by atoms with Gasteiger partial charge in [-0.25, -0.2) is 0 Å². The highest BCUT2D eigenvalue weighted by Crippen LogP contribution is 2.26. The van der Waals surface area contributed by atoms with Crippen molar-refractivity contribution in [3.05, 3.63) is 34.9 Å². The summed E-state index contributed by atoms with van der Waals surface area (Å²) in [5, 5.41) is 3.62. The van der Waals surface area contributed by atoms with Crippen LogP contribution in [0, 0.1) is 13.8 Å². The summed E-state index contributed by atoms with van der Waals surface area (Å²) in [6.07, 6.45) is 1.95. The number of benzene rings is 1. The van der Waals surface area contributed by atoms with E-state index in [1.165, 1.54) is 16.7 Å². The normalized spacial score (nSPS) is 17.8. The first-order chi connectivity index (χ1) is 9.20. The van der Waals surface area contributed by atoms with Gasteiger partial charge in [-0.1, -0.05) is 30.7 Å². The lowest BCUT2D eigenvalue weighted by Gasteiger charge is -2.23. The lowest BCUT2D eigenvalue weighted by Crippen LogP contribution is -2.27. The van der Waals surface area contributed by atoms with E-state index in [9.17, 15) is 0 Å². The summed E-state index contributed by atoms with van der Waals surface area (Å²) in [5.41, 5.74) is 4.00. The standard InChI is InChI=1S/C16H25NO2/c1-4-7-17-15(11-16-18-8-9-19-16)14-10-12(2)5-6-13(14)3/h5-6,10,15-17H,4,7-9,11H2,1-3H3. The molecule has 1 aromatic rings. The first-order valence-corrected chi connectivity index (χ1v) is 7.24. The van der Waals surface area contributed by atoms with E-state index >= 15 is 0 Å². The van der Waals surface area contributed by atoms with Crippen LogP contribution in [0.3, 0.4) is 0 Å². The highest BCUT2D eigenvalue weighted by Gasteiger charge is 2.23. The summed E-state index contributed by atoms with van der Waals surface area (Å²) in [6.45, 7) is 8.96. The van der Waals surface area contributed by atoms with E-state index in [2.05, 4.69) is 44.3 Å². The molecule has 1 aromatic carbocycles. The van der Waals surface area contributed by atoms with Crippen LogP contribution in [0.15, 0.2) is 18.2 Å². The van der Waals surface area contributed by atoms with Crippen LogP contribution in [-0.2, 0) is 9.47 Å². The van der Waals surface area contributed by atoms with Crippen LogP contribution in [0.4, 0.5) is 0 Å². The van der Waals surface area contributed by atoms with Crippen molar-refractivity contribution in [3.63, 3.8) is 0 Å². The van der Waals surface area contributed by atoms with Gasteiger partial charge in [0.1, 0.15) is 0 Å². The van der Waals surface area contributed by atoms with Gasteiger partial charge in [-0.3, -0.25) is 0 Å². The average Bonchev–Trinajstić information content (AvgIpc) is 2.90. The second-order valence-corrected chi connectivity index (χ2v) is 5.27. The maximum atomic E-state index is 5.59. The van der Waals surface area contributed by atoms with Crippen LogP contribution >= 0.6 is 0 Å². The van der Waals surface area contributed by atoms with Gasteiger partial charge >= 0.3 is 0 Å². The summed E-state index contributed by atoms with van der Waals surface area (Å²) in [7, 11) is 0. The largest absolute Gasteiger partial charge is 0.350 e. The van der Waals surface area contributed by atoms with E-state index in [-0.39, 0.29) is 6.29 Å². The summed E-state index contributed by atoms with van der Waals surface area (Å²) in [4.78, 5) is 0. The topological polar surface area (TPSA) is 30.5 Å². The molecule has 106 valence electrons. The van der Waals surface area contributed by atoms with Gasteiger partial charge in [0, 0.05) is 12.5 Å². The molecule has 0 radical (unpaired) electrons. The number of nitrogens with one attached hydrogen (secondary N) is 1. The number of hydrogen-bond donors (Lipinski definition) is 1. The molecule has 0 amide bonds. The smallest absolute Gasteiger partial charge is 0.159 e. The zero-order chi connectivity index (χ0) is 13.7. The third kappa shape index (κ3) is 4.03. The molecule has 0 spiro atoms. The lowest BCUT2D eigenvalue weighted by molar-refractivity contribution is -0.0530. The molecule has 1 saturated heterocycles. The van der Waals surface area contributed by atoms with Gasteiger partial charge in [-0.05, 0) is 37.9 Å². The van der Waals surface area contributed by atoms with Crippen LogP contribution in [0.5, 0.6) is 0 Å². The monoisotopic (exact) mass is 263 g/mol. The molecule has 0 saturated carbocycles. The van der Waals surface area contributed by atoms with Gasteiger partial charge < -0.3 is 14.8 Å². The molecule has 1 aliphatic heterocycles. The second-order valence-electron chi connectivity index (χ2n) is 5.27. The van der Waals surface area contributed by atoms with Crippen molar-refractivity contribution in [2.75, 3.05) is 19.8 Å². The van der Waals surface area contributed by atoms with E-state index in [0.29, 0.717) is 6.04 Å². The SMILES string of the molecule is CCCNC(CC1OCCO1)c1cc(C)ccc1C. The van der Waals surface area contributed by atoms with Crippen molar-refractivity contribution in [3.8, 4) is 0 Å². The Labute approximate surface area is 116 Å². The molecule has 3 heteroatoms. The fourth-order valence-corrected chi connectivity index (χ4v) is 2.51. The molecule has 1 N–H and O–H groups in total. The van der Waals surface area contributed by atoms with Crippen molar-refractivity contribution < 1.29 is 9.47 Å². The number of rotatable bonds is 6. The third-order valence-electron chi connectivity index (χ3n) is 3.57. The molecule has 0 bridgehead atoms. The van der Waals surface area contributed by atoms with Crippen LogP contribution in [-0.4, -0.2) is 26.0 Å². The van der Waals surface area contributed by atoms with Crippen molar-refractivity contribution in [1.82, 2.24) is 5.32 Å². The fraction of sp³-hybridized carbons (Fsp3) is 0.625. The second kappa shape index (κ2) is 7.04. The molecule has 1 heterocycles. The van der Waals surface area contributed by atoms with Gasteiger partial charge in [0.2, 0.25) is 0 Å². The maximum absolute atomic E-state index is 5.59. The van der Waals surface area contributed by atoms with Crippen molar-refractivity contribution in [1.29, 1.82) is 0 Å². The number of aryl methyl sites for hydroxylation is 2. The third-order valence-corrected chi connectivity index (χ3v) is 3.57. The first-order valence-electron chi connectivity index (χ1n) is 7.24. The quantitative estimate of drug-likeness (QED) is 0.855. The number of hydrogen-bond acceptors (Lipinski definition) is 3. The maximum Gasteiger partial charge on any atom is 0.159 e. The minimum atomic E-state index is -0.0609. The Morgan fingerprint density at radius 3 is 2.68 bits per heavy atom. The Morgan fingerprint density at radius 1 is 1.26 bits per heavy atom. The molecule has 2 rings (SSSR count).